The zero-order chi connectivity index (χ0) is 16.2. The van der Waals surface area contributed by atoms with Crippen molar-refractivity contribution in [2.24, 2.45) is 0 Å². The summed E-state index contributed by atoms with van der Waals surface area (Å²) in [6.07, 6.45) is 5.91. The van der Waals surface area contributed by atoms with Crippen molar-refractivity contribution < 1.29 is 23.1 Å². The predicted molar refractivity (Wildman–Crippen MR) is 76.6 cm³/mol. The Bertz CT molecular complexity index is 715. The minimum absolute atomic E-state index is 0.0120. The number of carbonyl (C=O) groups excluding carboxylic acids is 1. The van der Waals surface area contributed by atoms with Crippen LogP contribution in [0.4, 0.5) is 0 Å². The average molecular weight is 309 g/mol. The number of amides is 1. The van der Waals surface area contributed by atoms with Gasteiger partial charge in [-0.05, 0) is 24.6 Å². The van der Waals surface area contributed by atoms with Crippen LogP contribution in [0, 0.1) is 19.3 Å². The van der Waals surface area contributed by atoms with Crippen molar-refractivity contribution in [3.8, 4) is 12.3 Å². The lowest BCUT2D eigenvalue weighted by atomic mass is 10.1. The average Bonchev–Trinajstić information content (AvgIpc) is 2.36. The minimum Gasteiger partial charge on any atom is -0.480 e. The number of terminal acetylenes is 1. The van der Waals surface area contributed by atoms with Gasteiger partial charge in [0.1, 0.15) is 6.04 Å². The van der Waals surface area contributed by atoms with Crippen LogP contribution in [0.3, 0.4) is 0 Å². The molecule has 0 saturated heterocycles. The summed E-state index contributed by atoms with van der Waals surface area (Å²) >= 11 is 0. The van der Waals surface area contributed by atoms with Crippen LogP contribution in [0.5, 0.6) is 0 Å². The number of carbonyl (C=O) groups is 2. The molecule has 1 aromatic rings. The Kier molecular flexibility index (Phi) is 5.11. The number of hydrogen-bond donors (Lipinski definition) is 2. The van der Waals surface area contributed by atoms with Gasteiger partial charge in [0.15, 0.2) is 9.84 Å². The topological polar surface area (TPSA) is 101 Å². The van der Waals surface area contributed by atoms with E-state index in [0.29, 0.717) is 5.56 Å². The fraction of sp³-hybridized carbons (Fsp3) is 0.286. The maximum atomic E-state index is 12.1. The summed E-state index contributed by atoms with van der Waals surface area (Å²) < 4.78 is 23.0. The number of hydrogen-bond acceptors (Lipinski definition) is 4. The smallest absolute Gasteiger partial charge is 0.327 e. The Balaban J connectivity index is 3.13. The van der Waals surface area contributed by atoms with Crippen molar-refractivity contribution in [2.75, 3.05) is 6.26 Å². The van der Waals surface area contributed by atoms with Gasteiger partial charge in [0, 0.05) is 18.2 Å². The normalized spacial score (nSPS) is 12.2. The molecule has 0 saturated carbocycles. The molecule has 0 fully saturated rings. The highest BCUT2D eigenvalue weighted by Crippen LogP contribution is 2.16. The van der Waals surface area contributed by atoms with E-state index < -0.39 is 27.8 Å². The Labute approximate surface area is 123 Å². The van der Waals surface area contributed by atoms with Crippen LogP contribution in [0.2, 0.25) is 0 Å². The van der Waals surface area contributed by atoms with Gasteiger partial charge in [-0.25, -0.2) is 13.2 Å². The number of rotatable bonds is 5. The summed E-state index contributed by atoms with van der Waals surface area (Å²) in [7, 11) is -3.46. The molecule has 0 aliphatic heterocycles. The molecule has 0 aromatic heterocycles. The van der Waals surface area contributed by atoms with E-state index in [1.807, 2.05) is 0 Å². The number of carboxylic acid groups (broad SMARTS) is 1. The fourth-order valence-corrected chi connectivity index (χ4v) is 2.28. The van der Waals surface area contributed by atoms with Gasteiger partial charge in [-0.3, -0.25) is 4.79 Å². The third kappa shape index (κ3) is 4.33. The second-order valence-electron chi connectivity index (χ2n) is 4.52. The summed E-state index contributed by atoms with van der Waals surface area (Å²) in [6, 6.07) is 2.87. The lowest BCUT2D eigenvalue weighted by Crippen LogP contribution is -2.40. The first-order chi connectivity index (χ1) is 9.66. The molecular formula is C14H15NO5S. The third-order valence-corrected chi connectivity index (χ3v) is 3.92. The van der Waals surface area contributed by atoms with Crippen molar-refractivity contribution in [3.63, 3.8) is 0 Å². The highest BCUT2D eigenvalue weighted by Gasteiger charge is 2.21. The van der Waals surface area contributed by atoms with E-state index in [1.165, 1.54) is 18.2 Å². The molecule has 1 aromatic carbocycles. The van der Waals surface area contributed by atoms with E-state index in [-0.39, 0.29) is 16.9 Å². The first-order valence-corrected chi connectivity index (χ1v) is 7.83. The first kappa shape index (κ1) is 16.7. The van der Waals surface area contributed by atoms with Crippen LogP contribution in [-0.2, 0) is 14.6 Å². The van der Waals surface area contributed by atoms with E-state index in [4.69, 9.17) is 11.5 Å². The van der Waals surface area contributed by atoms with Crippen molar-refractivity contribution in [2.45, 2.75) is 24.3 Å². The summed E-state index contributed by atoms with van der Waals surface area (Å²) in [5.41, 5.74) is 0.631. The maximum Gasteiger partial charge on any atom is 0.327 e. The summed E-state index contributed by atoms with van der Waals surface area (Å²) in [4.78, 5) is 23.0. The number of nitrogens with one attached hydrogen (secondary N) is 1. The standard InChI is InChI=1S/C14H15NO5S/c1-4-5-12(14(17)18)15-13(16)11-8-10(21(3,19)20)7-6-9(11)2/h1,6-8,12H,5H2,2-3H3,(H,15,16)(H,17,18). The Hall–Kier alpha value is -2.33. The summed E-state index contributed by atoms with van der Waals surface area (Å²) in [5.74, 6) is 0.233. The molecule has 0 aliphatic rings. The molecule has 7 heteroatoms. The van der Waals surface area contributed by atoms with E-state index in [1.54, 1.807) is 6.92 Å². The maximum absolute atomic E-state index is 12.1. The fourth-order valence-electron chi connectivity index (χ4n) is 1.63. The summed E-state index contributed by atoms with van der Waals surface area (Å²) in [6.45, 7) is 1.62. The SMILES string of the molecule is C#CCC(NC(=O)c1cc(S(C)(=O)=O)ccc1C)C(=O)O. The second kappa shape index (κ2) is 6.41. The van der Waals surface area contributed by atoms with Crippen molar-refractivity contribution in [1.29, 1.82) is 0 Å². The second-order valence-corrected chi connectivity index (χ2v) is 6.54. The molecule has 0 aliphatic carbocycles. The van der Waals surface area contributed by atoms with Gasteiger partial charge in [-0.1, -0.05) is 6.07 Å². The zero-order valence-electron chi connectivity index (χ0n) is 11.6. The molecule has 0 spiro atoms. The summed E-state index contributed by atoms with van der Waals surface area (Å²) in [5, 5.41) is 11.2. The van der Waals surface area contributed by atoms with Crippen LogP contribution in [0.1, 0.15) is 22.3 Å². The van der Waals surface area contributed by atoms with E-state index in [9.17, 15) is 18.0 Å². The Morgan fingerprint density at radius 3 is 2.52 bits per heavy atom. The zero-order valence-corrected chi connectivity index (χ0v) is 12.4. The minimum atomic E-state index is -3.46. The number of sulfone groups is 1. The van der Waals surface area contributed by atoms with Gasteiger partial charge in [-0.2, -0.15) is 0 Å². The van der Waals surface area contributed by atoms with Gasteiger partial charge >= 0.3 is 5.97 Å². The van der Waals surface area contributed by atoms with Crippen molar-refractivity contribution in [1.82, 2.24) is 5.32 Å². The molecule has 1 rings (SSSR count). The van der Waals surface area contributed by atoms with E-state index in [2.05, 4.69) is 11.2 Å². The molecule has 1 atom stereocenters. The van der Waals surface area contributed by atoms with Crippen LogP contribution in [0.15, 0.2) is 23.1 Å². The molecule has 21 heavy (non-hydrogen) atoms. The molecule has 0 heterocycles. The van der Waals surface area contributed by atoms with Crippen LogP contribution in [0.25, 0.3) is 0 Å². The van der Waals surface area contributed by atoms with Gasteiger partial charge in [0.2, 0.25) is 0 Å². The molecule has 112 valence electrons. The van der Waals surface area contributed by atoms with Crippen molar-refractivity contribution >= 4 is 21.7 Å². The number of aliphatic carboxylic acids is 1. The lowest BCUT2D eigenvalue weighted by Gasteiger charge is -2.13. The van der Waals surface area contributed by atoms with Gasteiger partial charge in [0.05, 0.1) is 4.90 Å². The molecule has 2 N–H and O–H groups in total. The number of aryl methyl sites for hydroxylation is 1. The largest absolute Gasteiger partial charge is 0.480 e. The lowest BCUT2D eigenvalue weighted by molar-refractivity contribution is -0.139. The molecule has 6 nitrogen and oxygen atoms in total. The number of benzene rings is 1. The van der Waals surface area contributed by atoms with Crippen molar-refractivity contribution in [3.05, 3.63) is 29.3 Å². The highest BCUT2D eigenvalue weighted by atomic mass is 32.2. The Morgan fingerprint density at radius 1 is 1.43 bits per heavy atom. The van der Waals surface area contributed by atoms with Crippen LogP contribution < -0.4 is 5.32 Å². The number of carboxylic acids is 1. The van der Waals surface area contributed by atoms with E-state index >= 15 is 0 Å². The van der Waals surface area contributed by atoms with Gasteiger partial charge in [-0.15, -0.1) is 12.3 Å². The predicted octanol–water partition coefficient (Wildman–Crippen LogP) is 0.605. The third-order valence-electron chi connectivity index (χ3n) is 2.81. The highest BCUT2D eigenvalue weighted by molar-refractivity contribution is 7.90. The Morgan fingerprint density at radius 2 is 2.05 bits per heavy atom. The monoisotopic (exact) mass is 309 g/mol. The molecule has 0 bridgehead atoms. The quantitative estimate of drug-likeness (QED) is 0.776. The van der Waals surface area contributed by atoms with Gasteiger partial charge < -0.3 is 10.4 Å². The molecule has 0 radical (unpaired) electrons. The van der Waals surface area contributed by atoms with Crippen LogP contribution >= 0.6 is 0 Å². The molecular weight excluding hydrogens is 294 g/mol. The van der Waals surface area contributed by atoms with Crippen LogP contribution in [-0.4, -0.2) is 37.7 Å². The van der Waals surface area contributed by atoms with Gasteiger partial charge in [0.25, 0.3) is 5.91 Å². The van der Waals surface area contributed by atoms with E-state index in [0.717, 1.165) is 6.26 Å². The molecule has 1 amide bonds. The first-order valence-electron chi connectivity index (χ1n) is 5.94. The molecule has 1 unspecified atom stereocenters.